The molecule has 1 aromatic heterocycles. The van der Waals surface area contributed by atoms with Crippen molar-refractivity contribution in [2.75, 3.05) is 6.54 Å². The fourth-order valence-corrected chi connectivity index (χ4v) is 7.77. The number of carbonyl (C=O) groups is 6. The Hall–Kier alpha value is -4.16. The van der Waals surface area contributed by atoms with Crippen LogP contribution in [-0.4, -0.2) is 86.9 Å². The quantitative estimate of drug-likeness (QED) is 0.170. The van der Waals surface area contributed by atoms with Crippen LogP contribution in [0.4, 0.5) is 0 Å². The van der Waals surface area contributed by atoms with Gasteiger partial charge in [0, 0.05) is 25.0 Å². The number of likely N-dealkylation sites (tertiary alicyclic amines) is 1. The summed E-state index contributed by atoms with van der Waals surface area (Å²) in [4.78, 5) is 91.6. The number of nitrogens with zero attached hydrogens (tertiary/aromatic N) is 3. The summed E-state index contributed by atoms with van der Waals surface area (Å²) in [6.07, 6.45) is 14.9. The van der Waals surface area contributed by atoms with E-state index in [1.165, 1.54) is 24.7 Å². The van der Waals surface area contributed by atoms with Crippen molar-refractivity contribution >= 4 is 35.3 Å². The molecule has 2 saturated carbocycles. The molecule has 2 heterocycles. The van der Waals surface area contributed by atoms with E-state index in [2.05, 4.69) is 37.8 Å². The molecular formula is C37H55N7O6. The van der Waals surface area contributed by atoms with Gasteiger partial charge in [-0.3, -0.25) is 33.8 Å². The molecule has 274 valence electrons. The normalized spacial score (nSPS) is 22.6. The number of fused-ring (bicyclic) bond motifs is 1. The molecule has 6 atom stereocenters. The molecule has 13 heteroatoms. The number of aromatic nitrogens is 2. The Kier molecular flexibility index (Phi) is 13.7. The maximum Gasteiger partial charge on any atom is 0.289 e. The Bertz CT molecular complexity index is 1390. The van der Waals surface area contributed by atoms with E-state index in [1.54, 1.807) is 4.90 Å². The highest BCUT2D eigenvalue weighted by Crippen LogP contribution is 2.41. The first-order valence-electron chi connectivity index (χ1n) is 18.3. The number of amides is 5. The summed E-state index contributed by atoms with van der Waals surface area (Å²) < 4.78 is 0. The maximum atomic E-state index is 14.8. The van der Waals surface area contributed by atoms with Crippen LogP contribution in [0.2, 0.25) is 0 Å². The second-order valence-corrected chi connectivity index (χ2v) is 15.1. The summed E-state index contributed by atoms with van der Waals surface area (Å²) in [6, 6.07) is -4.01. The Balaban J connectivity index is 1.60. The lowest BCUT2D eigenvalue weighted by atomic mass is 9.81. The Morgan fingerprint density at radius 1 is 0.960 bits per heavy atom. The molecule has 4 rings (SSSR count). The van der Waals surface area contributed by atoms with Crippen LogP contribution in [0.3, 0.4) is 0 Å². The van der Waals surface area contributed by atoms with Gasteiger partial charge in [-0.25, -0.2) is 4.98 Å². The summed E-state index contributed by atoms with van der Waals surface area (Å²) >= 11 is 0. The lowest BCUT2D eigenvalue weighted by Gasteiger charge is -2.40. The van der Waals surface area contributed by atoms with E-state index >= 15 is 0 Å². The first-order valence-corrected chi connectivity index (χ1v) is 18.3. The van der Waals surface area contributed by atoms with Crippen LogP contribution >= 0.6 is 0 Å². The lowest BCUT2D eigenvalue weighted by Crippen LogP contribution is -2.63. The highest BCUT2D eigenvalue weighted by atomic mass is 16.2. The van der Waals surface area contributed by atoms with Crippen molar-refractivity contribution in [3.63, 3.8) is 0 Å². The summed E-state index contributed by atoms with van der Waals surface area (Å²) in [5, 5.41) is 11.2. The van der Waals surface area contributed by atoms with Crippen molar-refractivity contribution in [3.05, 3.63) is 36.9 Å². The molecule has 1 aliphatic heterocycles. The van der Waals surface area contributed by atoms with Crippen LogP contribution in [-0.2, 0) is 24.0 Å². The predicted molar refractivity (Wildman–Crippen MR) is 187 cm³/mol. The number of hydrogen-bond acceptors (Lipinski definition) is 8. The SMILES string of the molecule is C=CCNC(=O)C(=O)[C@H](CCC)NC(=O)[C@@H]1C[C@@H]2CCCC[C@@H]2N1C(=O)[C@@H](NC(=O)[C@@H](NC(=O)c1cnccn1)C1CCCCC1)C(C)(C)C. The third kappa shape index (κ3) is 9.54. The molecule has 13 nitrogen and oxygen atoms in total. The Morgan fingerprint density at radius 2 is 1.66 bits per heavy atom. The topological polar surface area (TPSA) is 180 Å². The Morgan fingerprint density at radius 3 is 2.30 bits per heavy atom. The third-order valence-corrected chi connectivity index (χ3v) is 10.4. The summed E-state index contributed by atoms with van der Waals surface area (Å²) in [6.45, 7) is 11.1. The van der Waals surface area contributed by atoms with Crippen LogP contribution in [0.25, 0.3) is 0 Å². The van der Waals surface area contributed by atoms with Crippen molar-refractivity contribution in [2.24, 2.45) is 17.3 Å². The van der Waals surface area contributed by atoms with Crippen molar-refractivity contribution in [1.82, 2.24) is 36.1 Å². The standard InChI is InChI=1S/C37H55N7O6/c1-6-13-25(30(45)35(49)40-18-7-2)41-33(47)28-21-24-16-11-12-17-27(24)44(28)36(50)31(37(3,4)5)43-34(48)29(23-14-9-8-10-15-23)42-32(46)26-22-38-19-20-39-26/h7,19-20,22-25,27-29,31H,2,6,8-18,21H2,1,3-5H3,(H,40,49)(H,41,47)(H,42,46)(H,43,48)/t24-,25-,27-,28-,29-,31+/m0/s1. The average molecular weight is 694 g/mol. The predicted octanol–water partition coefficient (Wildman–Crippen LogP) is 3.00. The number of carbonyl (C=O) groups excluding carboxylic acids is 6. The van der Waals surface area contributed by atoms with Gasteiger partial charge in [0.05, 0.1) is 12.2 Å². The molecule has 0 unspecified atom stereocenters. The van der Waals surface area contributed by atoms with Gasteiger partial charge in [-0.05, 0) is 55.8 Å². The average Bonchev–Trinajstić information content (AvgIpc) is 3.51. The van der Waals surface area contributed by atoms with Crippen molar-refractivity contribution in [2.45, 2.75) is 135 Å². The largest absolute Gasteiger partial charge is 0.346 e. The molecule has 3 aliphatic rings. The van der Waals surface area contributed by atoms with Gasteiger partial charge in [0.25, 0.3) is 11.8 Å². The van der Waals surface area contributed by atoms with Gasteiger partial charge in [0.2, 0.25) is 23.5 Å². The van der Waals surface area contributed by atoms with E-state index in [0.29, 0.717) is 12.8 Å². The summed E-state index contributed by atoms with van der Waals surface area (Å²) in [5.74, 6) is -3.39. The first kappa shape index (κ1) is 38.6. The molecule has 0 bridgehead atoms. The number of hydrogen-bond donors (Lipinski definition) is 4. The minimum absolute atomic E-state index is 0.0943. The molecular weight excluding hydrogens is 638 g/mol. The van der Waals surface area contributed by atoms with Crippen molar-refractivity contribution < 1.29 is 28.8 Å². The second kappa shape index (κ2) is 17.7. The molecule has 3 fully saturated rings. The van der Waals surface area contributed by atoms with Gasteiger partial charge in [0.15, 0.2) is 0 Å². The molecule has 50 heavy (non-hydrogen) atoms. The van der Waals surface area contributed by atoms with Crippen molar-refractivity contribution in [1.29, 1.82) is 0 Å². The van der Waals surface area contributed by atoms with Gasteiger partial charge >= 0.3 is 0 Å². The number of nitrogens with one attached hydrogen (secondary N) is 4. The highest BCUT2D eigenvalue weighted by Gasteiger charge is 2.51. The fourth-order valence-electron chi connectivity index (χ4n) is 7.77. The second-order valence-electron chi connectivity index (χ2n) is 15.1. The smallest absolute Gasteiger partial charge is 0.289 e. The van der Waals surface area contributed by atoms with Crippen LogP contribution in [0, 0.1) is 17.3 Å². The van der Waals surface area contributed by atoms with Gasteiger partial charge < -0.3 is 26.2 Å². The molecule has 1 aromatic rings. The van der Waals surface area contributed by atoms with Crippen LogP contribution in [0.5, 0.6) is 0 Å². The summed E-state index contributed by atoms with van der Waals surface area (Å²) in [7, 11) is 0. The van der Waals surface area contributed by atoms with E-state index in [4.69, 9.17) is 0 Å². The van der Waals surface area contributed by atoms with E-state index in [0.717, 1.165) is 57.8 Å². The van der Waals surface area contributed by atoms with E-state index < -0.39 is 59.0 Å². The van der Waals surface area contributed by atoms with E-state index in [-0.39, 0.29) is 42.4 Å². The molecule has 0 radical (unpaired) electrons. The van der Waals surface area contributed by atoms with Crippen LogP contribution < -0.4 is 21.3 Å². The zero-order valence-corrected chi connectivity index (χ0v) is 30.0. The molecule has 1 saturated heterocycles. The van der Waals surface area contributed by atoms with Crippen molar-refractivity contribution in [3.8, 4) is 0 Å². The molecule has 5 amide bonds. The number of ketones is 1. The van der Waals surface area contributed by atoms with Gasteiger partial charge in [0.1, 0.15) is 23.8 Å². The van der Waals surface area contributed by atoms with Gasteiger partial charge in [-0.1, -0.05) is 72.3 Å². The fraction of sp³-hybridized carbons (Fsp3) is 0.676. The highest BCUT2D eigenvalue weighted by molar-refractivity contribution is 6.38. The molecule has 4 N–H and O–H groups in total. The minimum Gasteiger partial charge on any atom is -0.346 e. The molecule has 2 aliphatic carbocycles. The van der Waals surface area contributed by atoms with Gasteiger partial charge in [-0.2, -0.15) is 0 Å². The number of rotatable bonds is 14. The third-order valence-electron chi connectivity index (χ3n) is 10.4. The first-order chi connectivity index (χ1) is 23.9. The molecule has 0 spiro atoms. The monoisotopic (exact) mass is 693 g/mol. The maximum absolute atomic E-state index is 14.8. The van der Waals surface area contributed by atoms with Gasteiger partial charge in [-0.15, -0.1) is 6.58 Å². The minimum atomic E-state index is -1.04. The number of Topliss-reactive ketones (excluding diaryl/α,β-unsaturated/α-hetero) is 1. The van der Waals surface area contributed by atoms with E-state index in [1.807, 2.05) is 27.7 Å². The van der Waals surface area contributed by atoms with E-state index in [9.17, 15) is 28.8 Å². The molecule has 0 aromatic carbocycles. The zero-order chi connectivity index (χ0) is 36.4. The van der Waals surface area contributed by atoms with Crippen LogP contribution in [0.1, 0.15) is 115 Å². The Labute approximate surface area is 295 Å². The van der Waals surface area contributed by atoms with Crippen LogP contribution in [0.15, 0.2) is 31.2 Å². The zero-order valence-electron chi connectivity index (χ0n) is 30.0. The summed E-state index contributed by atoms with van der Waals surface area (Å²) in [5.41, 5.74) is -0.659. The lowest BCUT2D eigenvalue weighted by molar-refractivity contribution is -0.147.